The largest absolute Gasteiger partial charge is 0.396 e. The number of hydrogen-bond donors (Lipinski definition) is 4. The highest BCUT2D eigenvalue weighted by Gasteiger charge is 2.61. The maximum absolute atomic E-state index is 13.1. The summed E-state index contributed by atoms with van der Waals surface area (Å²) < 4.78 is 24.2. The van der Waals surface area contributed by atoms with Gasteiger partial charge in [-0.1, -0.05) is 41.9 Å². The number of anilines is 2. The second-order valence-corrected chi connectivity index (χ2v) is 10.9. The standard InChI is InChI=1S/C25H24ClN3O5S/c1-35(33,34)22-5-3-2-4-21(22)16-6-10-19(11-7-16)27-23(31)25(14-17(25)15-30)29-24(32)28-20-12-8-18(26)9-13-20/h2-13,17,30H,14-15H2,1H3,(H,27,31)(H2,28,29,32). The van der Waals surface area contributed by atoms with E-state index in [0.29, 0.717) is 33.9 Å². The molecule has 1 aliphatic carbocycles. The Morgan fingerprint density at radius 3 is 2.17 bits per heavy atom. The number of carbonyl (C=O) groups excluding carboxylic acids is 2. The highest BCUT2D eigenvalue weighted by Crippen LogP contribution is 2.44. The van der Waals surface area contributed by atoms with E-state index in [2.05, 4.69) is 16.0 Å². The Morgan fingerprint density at radius 2 is 1.57 bits per heavy atom. The summed E-state index contributed by atoms with van der Waals surface area (Å²) >= 11 is 5.86. The van der Waals surface area contributed by atoms with Gasteiger partial charge in [0, 0.05) is 40.7 Å². The molecule has 8 nitrogen and oxygen atoms in total. The molecule has 182 valence electrons. The van der Waals surface area contributed by atoms with Gasteiger partial charge in [0.25, 0.3) is 5.91 Å². The van der Waals surface area contributed by atoms with Crippen LogP contribution in [0.3, 0.4) is 0 Å². The molecule has 2 unspecified atom stereocenters. The molecule has 3 aromatic carbocycles. The third-order valence-electron chi connectivity index (χ3n) is 5.91. The number of aliphatic hydroxyl groups is 1. The van der Waals surface area contributed by atoms with Crippen molar-refractivity contribution in [2.24, 2.45) is 5.92 Å². The summed E-state index contributed by atoms with van der Waals surface area (Å²) in [6.45, 7) is -0.254. The Bertz CT molecular complexity index is 1360. The lowest BCUT2D eigenvalue weighted by molar-refractivity contribution is -0.119. The Kier molecular flexibility index (Phi) is 6.84. The first-order valence-corrected chi connectivity index (χ1v) is 13.1. The molecule has 3 amide bonds. The zero-order chi connectivity index (χ0) is 25.2. The SMILES string of the molecule is CS(=O)(=O)c1ccccc1-c1ccc(NC(=O)C2(NC(=O)Nc3ccc(Cl)cc3)CC2CO)cc1. The smallest absolute Gasteiger partial charge is 0.320 e. The first kappa shape index (κ1) is 24.7. The maximum Gasteiger partial charge on any atom is 0.320 e. The van der Waals surface area contributed by atoms with Crippen LogP contribution in [-0.4, -0.2) is 43.9 Å². The van der Waals surface area contributed by atoms with Crippen LogP contribution in [-0.2, 0) is 14.6 Å². The first-order valence-electron chi connectivity index (χ1n) is 10.8. The van der Waals surface area contributed by atoms with E-state index in [0.717, 1.165) is 6.26 Å². The van der Waals surface area contributed by atoms with Gasteiger partial charge in [0.05, 0.1) is 4.90 Å². The van der Waals surface area contributed by atoms with Crippen LogP contribution in [0.25, 0.3) is 11.1 Å². The van der Waals surface area contributed by atoms with Crippen molar-refractivity contribution in [3.8, 4) is 11.1 Å². The van der Waals surface area contributed by atoms with Gasteiger partial charge in [0.15, 0.2) is 9.84 Å². The van der Waals surface area contributed by atoms with Crippen LogP contribution in [0.5, 0.6) is 0 Å². The number of nitrogens with one attached hydrogen (secondary N) is 3. The van der Waals surface area contributed by atoms with Crippen molar-refractivity contribution in [1.82, 2.24) is 5.32 Å². The zero-order valence-electron chi connectivity index (χ0n) is 18.8. The number of carbonyl (C=O) groups is 2. The van der Waals surface area contributed by atoms with Crippen LogP contribution < -0.4 is 16.0 Å². The zero-order valence-corrected chi connectivity index (χ0v) is 20.4. The number of amides is 3. The molecule has 1 saturated carbocycles. The van der Waals surface area contributed by atoms with Crippen LogP contribution in [0.15, 0.2) is 77.7 Å². The van der Waals surface area contributed by atoms with Gasteiger partial charge in [-0.25, -0.2) is 13.2 Å². The first-order chi connectivity index (χ1) is 16.6. The lowest BCUT2D eigenvalue weighted by atomic mass is 10.1. The van der Waals surface area contributed by atoms with E-state index in [-0.39, 0.29) is 11.5 Å². The average molecular weight is 514 g/mol. The molecule has 35 heavy (non-hydrogen) atoms. The van der Waals surface area contributed by atoms with E-state index in [9.17, 15) is 23.1 Å². The van der Waals surface area contributed by atoms with E-state index in [4.69, 9.17) is 11.6 Å². The van der Waals surface area contributed by atoms with Gasteiger partial charge in [-0.05, 0) is 54.4 Å². The van der Waals surface area contributed by atoms with E-state index in [1.165, 1.54) is 0 Å². The molecule has 0 aliphatic heterocycles. The average Bonchev–Trinajstić information content (AvgIpc) is 3.54. The fraction of sp³-hybridized carbons (Fsp3) is 0.200. The molecule has 4 rings (SSSR count). The van der Waals surface area contributed by atoms with E-state index in [1.54, 1.807) is 72.8 Å². The Balaban J connectivity index is 1.47. The van der Waals surface area contributed by atoms with Crippen molar-refractivity contribution in [2.75, 3.05) is 23.5 Å². The molecule has 0 saturated heterocycles. The molecule has 1 fully saturated rings. The normalized spacial score (nSPS) is 19.0. The quantitative estimate of drug-likeness (QED) is 0.381. The topological polar surface area (TPSA) is 125 Å². The Morgan fingerprint density at radius 1 is 0.971 bits per heavy atom. The number of benzene rings is 3. The van der Waals surface area contributed by atoms with Crippen LogP contribution in [0.1, 0.15) is 6.42 Å². The summed E-state index contributed by atoms with van der Waals surface area (Å²) in [5.41, 5.74) is 0.977. The van der Waals surface area contributed by atoms with Crippen LogP contribution in [0, 0.1) is 5.92 Å². The second kappa shape index (κ2) is 9.69. The summed E-state index contributed by atoms with van der Waals surface area (Å²) in [7, 11) is -3.41. The minimum Gasteiger partial charge on any atom is -0.396 e. The van der Waals surface area contributed by atoms with Crippen molar-refractivity contribution in [1.29, 1.82) is 0 Å². The van der Waals surface area contributed by atoms with Gasteiger partial charge in [-0.3, -0.25) is 4.79 Å². The van der Waals surface area contributed by atoms with Crippen LogP contribution in [0.4, 0.5) is 16.2 Å². The fourth-order valence-corrected chi connectivity index (χ4v) is 4.98. The maximum atomic E-state index is 13.1. The molecule has 0 radical (unpaired) electrons. The van der Waals surface area contributed by atoms with Crippen molar-refractivity contribution < 1.29 is 23.1 Å². The number of urea groups is 1. The van der Waals surface area contributed by atoms with E-state index < -0.39 is 33.2 Å². The van der Waals surface area contributed by atoms with Gasteiger partial charge in [0.1, 0.15) is 5.54 Å². The van der Waals surface area contributed by atoms with Gasteiger partial charge >= 0.3 is 6.03 Å². The van der Waals surface area contributed by atoms with Gasteiger partial charge in [-0.2, -0.15) is 0 Å². The Hall–Kier alpha value is -3.40. The number of aliphatic hydroxyl groups excluding tert-OH is 1. The number of hydrogen-bond acceptors (Lipinski definition) is 5. The monoisotopic (exact) mass is 513 g/mol. The molecule has 0 spiro atoms. The van der Waals surface area contributed by atoms with Crippen LogP contribution in [0.2, 0.25) is 5.02 Å². The molecule has 10 heteroatoms. The van der Waals surface area contributed by atoms with Crippen molar-refractivity contribution >= 4 is 44.8 Å². The van der Waals surface area contributed by atoms with E-state index >= 15 is 0 Å². The minimum absolute atomic E-state index is 0.218. The summed E-state index contributed by atoms with van der Waals surface area (Å²) in [6, 6.07) is 19.4. The van der Waals surface area contributed by atoms with E-state index in [1.807, 2.05) is 0 Å². The third-order valence-corrected chi connectivity index (χ3v) is 7.32. The predicted octanol–water partition coefficient (Wildman–Crippen LogP) is 3.92. The molecular weight excluding hydrogens is 490 g/mol. The number of sulfone groups is 1. The van der Waals surface area contributed by atoms with Crippen LogP contribution >= 0.6 is 11.6 Å². The molecule has 3 aromatic rings. The molecule has 1 aliphatic rings. The highest BCUT2D eigenvalue weighted by atomic mass is 35.5. The van der Waals surface area contributed by atoms with Crippen molar-refractivity contribution in [2.45, 2.75) is 16.9 Å². The summed E-state index contributed by atoms with van der Waals surface area (Å²) in [4.78, 5) is 25.8. The Labute approximate surface area is 208 Å². The number of halogens is 1. The summed E-state index contributed by atoms with van der Waals surface area (Å²) in [5.74, 6) is -0.869. The number of rotatable bonds is 7. The molecule has 4 N–H and O–H groups in total. The summed E-state index contributed by atoms with van der Waals surface area (Å²) in [6.07, 6.45) is 1.45. The van der Waals surface area contributed by atoms with Gasteiger partial charge in [-0.15, -0.1) is 0 Å². The lowest BCUT2D eigenvalue weighted by Crippen LogP contribution is -2.49. The third kappa shape index (κ3) is 5.48. The summed E-state index contributed by atoms with van der Waals surface area (Å²) in [5, 5.41) is 18.3. The highest BCUT2D eigenvalue weighted by molar-refractivity contribution is 7.90. The molecular formula is C25H24ClN3O5S. The van der Waals surface area contributed by atoms with Crippen molar-refractivity contribution in [3.63, 3.8) is 0 Å². The molecule has 0 aromatic heterocycles. The molecule has 0 heterocycles. The molecule has 2 atom stereocenters. The van der Waals surface area contributed by atoms with Gasteiger partial charge in [0.2, 0.25) is 0 Å². The fourth-order valence-electron chi connectivity index (χ4n) is 3.94. The molecule has 0 bridgehead atoms. The van der Waals surface area contributed by atoms with Gasteiger partial charge < -0.3 is 21.1 Å². The lowest BCUT2D eigenvalue weighted by Gasteiger charge is -2.19. The minimum atomic E-state index is -3.41. The second-order valence-electron chi connectivity index (χ2n) is 8.44. The van der Waals surface area contributed by atoms with Crippen molar-refractivity contribution in [3.05, 3.63) is 77.8 Å². The predicted molar refractivity (Wildman–Crippen MR) is 135 cm³/mol.